The third-order valence-electron chi connectivity index (χ3n) is 2.76. The van der Waals surface area contributed by atoms with Crippen LogP contribution >= 0.6 is 0 Å². The molecule has 3 heteroatoms. The average molecular weight is 246 g/mol. The maximum absolute atomic E-state index is 13.4. The summed E-state index contributed by atoms with van der Waals surface area (Å²) in [7, 11) is 0. The number of halogens is 2. The minimum atomic E-state index is -0.946. The second kappa shape index (κ2) is 5.08. The molecule has 0 aliphatic carbocycles. The summed E-state index contributed by atoms with van der Waals surface area (Å²) in [6.07, 6.45) is -0.132. The highest BCUT2D eigenvalue weighted by atomic mass is 19.2. The van der Waals surface area contributed by atoms with Gasteiger partial charge in [0.2, 0.25) is 0 Å². The fourth-order valence-corrected chi connectivity index (χ4v) is 1.70. The van der Waals surface area contributed by atoms with E-state index < -0.39 is 11.6 Å². The lowest BCUT2D eigenvalue weighted by Crippen LogP contribution is -2.06. The van der Waals surface area contributed by atoms with Crippen LogP contribution in [-0.2, 0) is 6.42 Å². The minimum absolute atomic E-state index is 0.0839. The summed E-state index contributed by atoms with van der Waals surface area (Å²) in [6.45, 7) is 1.92. The molecule has 2 aromatic rings. The highest BCUT2D eigenvalue weighted by Gasteiger charge is 2.12. The second-order valence-corrected chi connectivity index (χ2v) is 4.18. The van der Waals surface area contributed by atoms with Crippen LogP contribution in [0.5, 0.6) is 0 Å². The summed E-state index contributed by atoms with van der Waals surface area (Å²) >= 11 is 0. The Hall–Kier alpha value is -2.03. The van der Waals surface area contributed by atoms with Gasteiger partial charge in [-0.2, -0.15) is 0 Å². The van der Waals surface area contributed by atoms with Crippen molar-refractivity contribution in [2.75, 3.05) is 0 Å². The Morgan fingerprint density at radius 2 is 1.72 bits per heavy atom. The molecule has 0 unspecified atom stereocenters. The highest BCUT2D eigenvalue weighted by Crippen LogP contribution is 2.14. The quantitative estimate of drug-likeness (QED) is 0.755. The van der Waals surface area contributed by atoms with Gasteiger partial charge in [-0.25, -0.2) is 8.78 Å². The summed E-state index contributed by atoms with van der Waals surface area (Å²) in [6, 6.07) is 10.9. The molecule has 0 radical (unpaired) electrons. The van der Waals surface area contributed by atoms with Crippen LogP contribution in [0.1, 0.15) is 21.5 Å². The van der Waals surface area contributed by atoms with E-state index in [9.17, 15) is 13.6 Å². The monoisotopic (exact) mass is 246 g/mol. The molecule has 0 atom stereocenters. The summed E-state index contributed by atoms with van der Waals surface area (Å²) in [5, 5.41) is 0. The molecule has 2 rings (SSSR count). The van der Waals surface area contributed by atoms with Crippen molar-refractivity contribution in [2.24, 2.45) is 0 Å². The van der Waals surface area contributed by atoms with Gasteiger partial charge < -0.3 is 0 Å². The van der Waals surface area contributed by atoms with Crippen LogP contribution in [0.2, 0.25) is 0 Å². The van der Waals surface area contributed by atoms with Gasteiger partial charge in [0, 0.05) is 12.0 Å². The first-order chi connectivity index (χ1) is 8.58. The van der Waals surface area contributed by atoms with Gasteiger partial charge in [-0.15, -0.1) is 0 Å². The third kappa shape index (κ3) is 2.62. The molecule has 0 aliphatic heterocycles. The number of aryl methyl sites for hydroxylation is 1. The molecule has 0 saturated heterocycles. The molecule has 0 heterocycles. The van der Waals surface area contributed by atoms with Crippen molar-refractivity contribution < 1.29 is 13.6 Å². The molecule has 0 fully saturated rings. The zero-order valence-corrected chi connectivity index (χ0v) is 9.91. The maximum Gasteiger partial charge on any atom is 0.167 e. The van der Waals surface area contributed by atoms with Crippen LogP contribution in [-0.4, -0.2) is 5.78 Å². The van der Waals surface area contributed by atoms with Crippen LogP contribution in [0.3, 0.4) is 0 Å². The number of hydrogen-bond donors (Lipinski definition) is 0. The zero-order chi connectivity index (χ0) is 13.1. The fraction of sp³-hybridized carbons (Fsp3) is 0.133. The standard InChI is InChI=1S/C15H12F2O/c1-10-5-7-11(8-6-10)14(18)9-12-3-2-4-13(16)15(12)17/h2-8H,9H2,1H3. The summed E-state index contributed by atoms with van der Waals surface area (Å²) in [4.78, 5) is 11.9. The largest absolute Gasteiger partial charge is 0.294 e. The van der Waals surface area contributed by atoms with Gasteiger partial charge in [0.05, 0.1) is 0 Å². The van der Waals surface area contributed by atoms with Gasteiger partial charge in [0.25, 0.3) is 0 Å². The van der Waals surface area contributed by atoms with Gasteiger partial charge in [-0.1, -0.05) is 42.0 Å². The number of carbonyl (C=O) groups excluding carboxylic acids is 1. The summed E-state index contributed by atoms with van der Waals surface area (Å²) < 4.78 is 26.4. The number of carbonyl (C=O) groups is 1. The van der Waals surface area contributed by atoms with Crippen LogP contribution < -0.4 is 0 Å². The van der Waals surface area contributed by atoms with E-state index in [2.05, 4.69) is 0 Å². The van der Waals surface area contributed by atoms with Crippen molar-refractivity contribution in [2.45, 2.75) is 13.3 Å². The first kappa shape index (κ1) is 12.4. The van der Waals surface area contributed by atoms with Crippen molar-refractivity contribution in [3.63, 3.8) is 0 Å². The van der Waals surface area contributed by atoms with E-state index in [1.54, 1.807) is 12.1 Å². The first-order valence-corrected chi connectivity index (χ1v) is 5.60. The molecule has 0 aliphatic rings. The summed E-state index contributed by atoms with van der Waals surface area (Å²) in [5.74, 6) is -2.10. The molecule has 0 bridgehead atoms. The Morgan fingerprint density at radius 3 is 2.39 bits per heavy atom. The predicted octanol–water partition coefficient (Wildman–Crippen LogP) is 3.70. The Labute approximate surface area is 104 Å². The first-order valence-electron chi connectivity index (χ1n) is 5.60. The van der Waals surface area contributed by atoms with E-state index >= 15 is 0 Å². The fourth-order valence-electron chi connectivity index (χ4n) is 1.70. The van der Waals surface area contributed by atoms with Crippen molar-refractivity contribution in [1.82, 2.24) is 0 Å². The van der Waals surface area contributed by atoms with E-state index in [4.69, 9.17) is 0 Å². The Balaban J connectivity index is 2.21. The molecule has 0 saturated carbocycles. The average Bonchev–Trinajstić information content (AvgIpc) is 2.36. The molecule has 18 heavy (non-hydrogen) atoms. The van der Waals surface area contributed by atoms with Crippen molar-refractivity contribution in [1.29, 1.82) is 0 Å². The van der Waals surface area contributed by atoms with Crippen molar-refractivity contribution >= 4 is 5.78 Å². The lowest BCUT2D eigenvalue weighted by atomic mass is 10.0. The van der Waals surface area contributed by atoms with Crippen LogP contribution in [0.25, 0.3) is 0 Å². The smallest absolute Gasteiger partial charge is 0.167 e. The van der Waals surface area contributed by atoms with E-state index in [1.165, 1.54) is 12.1 Å². The molecule has 2 aromatic carbocycles. The van der Waals surface area contributed by atoms with Gasteiger partial charge >= 0.3 is 0 Å². The van der Waals surface area contributed by atoms with Gasteiger partial charge in [0.1, 0.15) is 0 Å². The van der Waals surface area contributed by atoms with Gasteiger partial charge in [0.15, 0.2) is 17.4 Å². The number of rotatable bonds is 3. The molecule has 1 nitrogen and oxygen atoms in total. The molecule has 0 N–H and O–H groups in total. The topological polar surface area (TPSA) is 17.1 Å². The maximum atomic E-state index is 13.4. The van der Waals surface area contributed by atoms with Crippen molar-refractivity contribution in [3.8, 4) is 0 Å². The minimum Gasteiger partial charge on any atom is -0.294 e. The van der Waals surface area contributed by atoms with E-state index in [-0.39, 0.29) is 17.8 Å². The second-order valence-electron chi connectivity index (χ2n) is 4.18. The van der Waals surface area contributed by atoms with E-state index in [1.807, 2.05) is 19.1 Å². The van der Waals surface area contributed by atoms with Crippen LogP contribution in [0.4, 0.5) is 8.78 Å². The molecule has 0 spiro atoms. The van der Waals surface area contributed by atoms with Crippen molar-refractivity contribution in [3.05, 3.63) is 70.8 Å². The third-order valence-corrected chi connectivity index (χ3v) is 2.76. The molecule has 92 valence electrons. The van der Waals surface area contributed by atoms with Gasteiger partial charge in [-0.05, 0) is 18.6 Å². The van der Waals surface area contributed by atoms with E-state index in [0.29, 0.717) is 5.56 Å². The Kier molecular flexibility index (Phi) is 3.51. The van der Waals surface area contributed by atoms with E-state index in [0.717, 1.165) is 11.6 Å². The molecule has 0 aromatic heterocycles. The number of Topliss-reactive ketones (excluding diaryl/α,β-unsaturated/α-hetero) is 1. The highest BCUT2D eigenvalue weighted by molar-refractivity contribution is 5.97. The molecular weight excluding hydrogens is 234 g/mol. The Morgan fingerprint density at radius 1 is 1.06 bits per heavy atom. The predicted molar refractivity (Wildman–Crippen MR) is 65.6 cm³/mol. The Bertz CT molecular complexity index is 574. The summed E-state index contributed by atoms with van der Waals surface area (Å²) in [5.41, 5.74) is 1.63. The van der Waals surface area contributed by atoms with Crippen LogP contribution in [0, 0.1) is 18.6 Å². The SMILES string of the molecule is Cc1ccc(C(=O)Cc2cccc(F)c2F)cc1. The van der Waals surface area contributed by atoms with Crippen LogP contribution in [0.15, 0.2) is 42.5 Å². The normalized spacial score (nSPS) is 10.4. The number of ketones is 1. The number of hydrogen-bond acceptors (Lipinski definition) is 1. The zero-order valence-electron chi connectivity index (χ0n) is 9.91. The molecular formula is C15H12F2O. The number of benzene rings is 2. The molecule has 0 amide bonds. The van der Waals surface area contributed by atoms with Gasteiger partial charge in [-0.3, -0.25) is 4.79 Å². The lowest BCUT2D eigenvalue weighted by Gasteiger charge is -2.04. The lowest BCUT2D eigenvalue weighted by molar-refractivity contribution is 0.0991.